The lowest BCUT2D eigenvalue weighted by atomic mass is 9.96. The minimum atomic E-state index is -0.309. The Balaban J connectivity index is 1.86. The Kier molecular flexibility index (Phi) is 1.92. The lowest BCUT2D eigenvalue weighted by molar-refractivity contribution is -0.184. The topological polar surface area (TPSA) is 38.7 Å². The average molecular weight is 198 g/mol. The molecule has 0 radical (unpaired) electrons. The summed E-state index contributed by atoms with van der Waals surface area (Å²) in [5.74, 6) is 0.962. The van der Waals surface area contributed by atoms with Gasteiger partial charge in [0.1, 0.15) is 0 Å². The van der Waals surface area contributed by atoms with Crippen LogP contribution in [0, 0.1) is 17.8 Å². The van der Waals surface area contributed by atoms with E-state index in [1.54, 1.807) is 0 Å². The van der Waals surface area contributed by atoms with Crippen molar-refractivity contribution in [2.45, 2.75) is 38.1 Å². The predicted molar refractivity (Wildman–Crippen MR) is 50.6 cm³/mol. The Morgan fingerprint density at radius 2 is 2.00 bits per heavy atom. The zero-order valence-corrected chi connectivity index (χ0v) is 8.61. The number of hydrogen-bond acceptors (Lipinski definition) is 3. The third-order valence-corrected chi connectivity index (χ3v) is 4.33. The molecule has 3 heteroatoms. The maximum atomic E-state index is 10.0. The molecule has 1 spiro atoms. The summed E-state index contributed by atoms with van der Waals surface area (Å²) < 4.78 is 11.6. The van der Waals surface area contributed by atoms with Crippen LogP contribution in [-0.2, 0) is 9.47 Å². The largest absolute Gasteiger partial charge is 0.393 e. The van der Waals surface area contributed by atoms with Crippen molar-refractivity contribution in [1.82, 2.24) is 0 Å². The molecule has 4 atom stereocenters. The Morgan fingerprint density at radius 1 is 1.29 bits per heavy atom. The predicted octanol–water partition coefficient (Wildman–Crippen LogP) is 1.16. The molecule has 0 aromatic carbocycles. The van der Waals surface area contributed by atoms with Gasteiger partial charge in [-0.3, -0.25) is 0 Å². The van der Waals surface area contributed by atoms with E-state index in [9.17, 15) is 5.11 Å². The molecule has 3 fully saturated rings. The molecule has 3 nitrogen and oxygen atoms in total. The molecule has 14 heavy (non-hydrogen) atoms. The molecule has 1 aliphatic heterocycles. The monoisotopic (exact) mass is 198 g/mol. The van der Waals surface area contributed by atoms with Crippen LogP contribution in [0.3, 0.4) is 0 Å². The highest BCUT2D eigenvalue weighted by molar-refractivity contribution is 5.02. The van der Waals surface area contributed by atoms with Crippen LogP contribution in [0.1, 0.15) is 26.2 Å². The van der Waals surface area contributed by atoms with Gasteiger partial charge in [-0.25, -0.2) is 0 Å². The molecule has 0 amide bonds. The third-order valence-electron chi connectivity index (χ3n) is 4.33. The van der Waals surface area contributed by atoms with E-state index in [0.29, 0.717) is 17.8 Å². The molecular formula is C11H18O3. The van der Waals surface area contributed by atoms with Crippen molar-refractivity contribution in [3.63, 3.8) is 0 Å². The third kappa shape index (κ3) is 1.03. The second-order valence-electron chi connectivity index (χ2n) is 5.02. The fourth-order valence-corrected chi connectivity index (χ4v) is 3.63. The second-order valence-corrected chi connectivity index (χ2v) is 5.02. The van der Waals surface area contributed by atoms with Crippen LogP contribution < -0.4 is 0 Å². The molecular weight excluding hydrogens is 180 g/mol. The molecule has 3 rings (SSSR count). The van der Waals surface area contributed by atoms with Crippen LogP contribution in [0.2, 0.25) is 0 Å². The van der Waals surface area contributed by atoms with Gasteiger partial charge < -0.3 is 14.6 Å². The zero-order valence-electron chi connectivity index (χ0n) is 8.61. The van der Waals surface area contributed by atoms with Crippen LogP contribution in [0.4, 0.5) is 0 Å². The molecule has 0 aromatic rings. The van der Waals surface area contributed by atoms with Gasteiger partial charge in [-0.05, 0) is 24.7 Å². The van der Waals surface area contributed by atoms with Gasteiger partial charge in [-0.15, -0.1) is 0 Å². The average Bonchev–Trinajstić information content (AvgIpc) is 2.82. The Morgan fingerprint density at radius 3 is 2.71 bits per heavy atom. The van der Waals surface area contributed by atoms with Gasteiger partial charge in [0.05, 0.1) is 19.3 Å². The molecule has 1 saturated heterocycles. The highest BCUT2D eigenvalue weighted by Gasteiger charge is 2.58. The molecule has 80 valence electrons. The summed E-state index contributed by atoms with van der Waals surface area (Å²) in [6, 6.07) is 0. The van der Waals surface area contributed by atoms with Crippen molar-refractivity contribution in [2.24, 2.45) is 17.8 Å². The Bertz CT molecular complexity index is 235. The van der Waals surface area contributed by atoms with E-state index >= 15 is 0 Å². The summed E-state index contributed by atoms with van der Waals surface area (Å²) in [6.45, 7) is 3.59. The van der Waals surface area contributed by atoms with Crippen LogP contribution >= 0.6 is 0 Å². The second kappa shape index (κ2) is 2.94. The normalized spacial score (nSPS) is 50.1. The summed E-state index contributed by atoms with van der Waals surface area (Å²) >= 11 is 0. The van der Waals surface area contributed by atoms with Crippen molar-refractivity contribution in [3.05, 3.63) is 0 Å². The van der Waals surface area contributed by atoms with Gasteiger partial charge in [-0.2, -0.15) is 0 Å². The highest BCUT2D eigenvalue weighted by Crippen LogP contribution is 2.55. The summed E-state index contributed by atoms with van der Waals surface area (Å²) in [4.78, 5) is 0. The molecule has 2 aliphatic carbocycles. The van der Waals surface area contributed by atoms with E-state index in [1.165, 1.54) is 0 Å². The summed E-state index contributed by atoms with van der Waals surface area (Å²) in [6.07, 6.45) is 2.97. The molecule has 3 aliphatic rings. The molecule has 0 unspecified atom stereocenters. The van der Waals surface area contributed by atoms with Gasteiger partial charge in [0.25, 0.3) is 0 Å². The van der Waals surface area contributed by atoms with Gasteiger partial charge in [-0.1, -0.05) is 6.92 Å². The van der Waals surface area contributed by atoms with Gasteiger partial charge >= 0.3 is 0 Å². The van der Waals surface area contributed by atoms with Crippen LogP contribution in [-0.4, -0.2) is 30.2 Å². The first kappa shape index (κ1) is 9.13. The maximum Gasteiger partial charge on any atom is 0.171 e. The number of rotatable bonds is 0. The first-order valence-electron chi connectivity index (χ1n) is 5.69. The zero-order chi connectivity index (χ0) is 9.76. The van der Waals surface area contributed by atoms with Gasteiger partial charge in [0, 0.05) is 12.3 Å². The fraction of sp³-hybridized carbons (Fsp3) is 1.00. The number of aliphatic hydroxyl groups is 1. The quantitative estimate of drug-likeness (QED) is 0.634. The Labute approximate surface area is 84.4 Å². The van der Waals surface area contributed by atoms with Crippen molar-refractivity contribution < 1.29 is 14.6 Å². The van der Waals surface area contributed by atoms with Crippen LogP contribution in [0.25, 0.3) is 0 Å². The van der Waals surface area contributed by atoms with Crippen molar-refractivity contribution in [1.29, 1.82) is 0 Å². The van der Waals surface area contributed by atoms with E-state index < -0.39 is 0 Å². The van der Waals surface area contributed by atoms with E-state index in [2.05, 4.69) is 6.92 Å². The van der Waals surface area contributed by atoms with Crippen LogP contribution in [0.5, 0.6) is 0 Å². The van der Waals surface area contributed by atoms with Crippen molar-refractivity contribution >= 4 is 0 Å². The number of ether oxygens (including phenoxy) is 2. The summed E-state index contributed by atoms with van der Waals surface area (Å²) in [5, 5.41) is 10.0. The van der Waals surface area contributed by atoms with E-state index in [4.69, 9.17) is 9.47 Å². The number of hydrogen-bond donors (Lipinski definition) is 1. The smallest absolute Gasteiger partial charge is 0.171 e. The van der Waals surface area contributed by atoms with E-state index in [1.807, 2.05) is 0 Å². The fourth-order valence-electron chi connectivity index (χ4n) is 3.63. The van der Waals surface area contributed by atoms with E-state index in [0.717, 1.165) is 32.5 Å². The minimum absolute atomic E-state index is 0.132. The SMILES string of the molecule is C[C@H]1C[C@H]2[C@H](CCC23OCCO3)[C@H]1O. The minimum Gasteiger partial charge on any atom is -0.393 e. The highest BCUT2D eigenvalue weighted by atomic mass is 16.7. The number of aliphatic hydroxyl groups excluding tert-OH is 1. The maximum absolute atomic E-state index is 10.0. The lowest BCUT2D eigenvalue weighted by Gasteiger charge is -2.28. The summed E-state index contributed by atoms with van der Waals surface area (Å²) in [5.41, 5.74) is 0. The first-order valence-corrected chi connectivity index (χ1v) is 5.69. The lowest BCUT2D eigenvalue weighted by Crippen LogP contribution is -2.35. The first-order chi connectivity index (χ1) is 6.73. The Hall–Kier alpha value is -0.120. The molecule has 1 heterocycles. The standard InChI is InChI=1S/C11H18O3/c1-7-6-9-8(10(7)12)2-3-11(9)13-4-5-14-11/h7-10,12H,2-6H2,1H3/t7-,8-,9-,10-/m0/s1. The van der Waals surface area contributed by atoms with Gasteiger partial charge in [0.15, 0.2) is 5.79 Å². The summed E-state index contributed by atoms with van der Waals surface area (Å²) in [7, 11) is 0. The molecule has 2 saturated carbocycles. The molecule has 0 aromatic heterocycles. The van der Waals surface area contributed by atoms with E-state index in [-0.39, 0.29) is 11.9 Å². The van der Waals surface area contributed by atoms with Crippen molar-refractivity contribution in [3.8, 4) is 0 Å². The molecule has 0 bridgehead atoms. The number of fused-ring (bicyclic) bond motifs is 2. The van der Waals surface area contributed by atoms with Gasteiger partial charge in [0.2, 0.25) is 0 Å². The van der Waals surface area contributed by atoms with Crippen LogP contribution in [0.15, 0.2) is 0 Å². The van der Waals surface area contributed by atoms with Crippen molar-refractivity contribution in [2.75, 3.05) is 13.2 Å². The molecule has 1 N–H and O–H groups in total.